The zero-order valence-corrected chi connectivity index (χ0v) is 14.3. The van der Waals surface area contributed by atoms with Gasteiger partial charge in [0.25, 0.3) is 0 Å². The first-order chi connectivity index (χ1) is 10.3. The topological polar surface area (TPSA) is 83.8 Å². The minimum absolute atomic E-state index is 0.192. The Hall–Kier alpha value is -0.940. The summed E-state index contributed by atoms with van der Waals surface area (Å²) in [5, 5.41) is 18.9. The monoisotopic (exact) mass is 316 g/mol. The van der Waals surface area contributed by atoms with Gasteiger partial charge in [-0.15, -0.1) is 0 Å². The first-order valence-corrected chi connectivity index (χ1v) is 8.46. The number of ketones is 1. The first-order valence-electron chi connectivity index (χ1n) is 8.46. The molecule has 0 rings (SSSR count). The molecule has 0 radical (unpaired) electrons. The molecule has 0 aromatic heterocycles. The molecule has 0 saturated heterocycles. The van der Waals surface area contributed by atoms with E-state index in [2.05, 4.69) is 6.92 Å². The number of carbonyl (C=O) groups is 2. The third-order valence-electron chi connectivity index (χ3n) is 3.74. The maximum Gasteiger partial charge on any atom is 0.345 e. The molecule has 2 atom stereocenters. The molecule has 0 amide bonds. The maximum absolute atomic E-state index is 11.6. The van der Waals surface area contributed by atoms with Crippen molar-refractivity contribution < 1.29 is 24.5 Å². The number of rotatable bonds is 13. The van der Waals surface area contributed by atoms with Crippen LogP contribution in [0.3, 0.4) is 0 Å². The van der Waals surface area contributed by atoms with Crippen LogP contribution in [0.15, 0.2) is 0 Å². The van der Waals surface area contributed by atoms with Crippen molar-refractivity contribution in [1.29, 1.82) is 0 Å². The summed E-state index contributed by atoms with van der Waals surface area (Å²) in [5.41, 5.74) is -2.27. The van der Waals surface area contributed by atoms with Crippen molar-refractivity contribution >= 4 is 11.8 Å². The summed E-state index contributed by atoms with van der Waals surface area (Å²) in [6.45, 7) is 4.66. The minimum atomic E-state index is -2.27. The fraction of sp³-hybridized carbons (Fsp3) is 0.882. The van der Waals surface area contributed by atoms with Crippen LogP contribution in [0.4, 0.5) is 0 Å². The molecule has 5 nitrogen and oxygen atoms in total. The molecule has 5 heteroatoms. The number of Topliss-reactive ketones (excluding diaryl/α,β-unsaturated/α-hetero) is 1. The van der Waals surface area contributed by atoms with Gasteiger partial charge in [-0.05, 0) is 20.3 Å². The predicted octanol–water partition coefficient (Wildman–Crippen LogP) is 2.76. The average Bonchev–Trinajstić information content (AvgIpc) is 2.47. The second-order valence-electron chi connectivity index (χ2n) is 6.08. The van der Waals surface area contributed by atoms with Crippen molar-refractivity contribution in [2.24, 2.45) is 0 Å². The van der Waals surface area contributed by atoms with Crippen molar-refractivity contribution in [3.8, 4) is 0 Å². The summed E-state index contributed by atoms with van der Waals surface area (Å²) in [5.74, 6) is -1.93. The quantitative estimate of drug-likeness (QED) is 0.310. The average molecular weight is 316 g/mol. The van der Waals surface area contributed by atoms with Gasteiger partial charge in [-0.25, -0.2) is 4.79 Å². The van der Waals surface area contributed by atoms with Crippen molar-refractivity contribution in [2.75, 3.05) is 6.61 Å². The normalized spacial score (nSPS) is 15.1. The smallest absolute Gasteiger partial charge is 0.345 e. The van der Waals surface area contributed by atoms with Crippen LogP contribution in [-0.4, -0.2) is 40.3 Å². The van der Waals surface area contributed by atoms with Crippen LogP contribution >= 0.6 is 0 Å². The van der Waals surface area contributed by atoms with Gasteiger partial charge < -0.3 is 14.9 Å². The number of hydrogen-bond donors (Lipinski definition) is 2. The molecule has 0 spiro atoms. The van der Waals surface area contributed by atoms with Crippen molar-refractivity contribution in [3.05, 3.63) is 0 Å². The van der Waals surface area contributed by atoms with Crippen LogP contribution < -0.4 is 0 Å². The summed E-state index contributed by atoms with van der Waals surface area (Å²) in [7, 11) is 0. The van der Waals surface area contributed by atoms with E-state index in [1.54, 1.807) is 0 Å². The predicted molar refractivity (Wildman–Crippen MR) is 85.5 cm³/mol. The van der Waals surface area contributed by atoms with Crippen LogP contribution in [0, 0.1) is 0 Å². The minimum Gasteiger partial charge on any atom is -0.463 e. The molecule has 2 N–H and O–H groups in total. The van der Waals surface area contributed by atoms with Crippen LogP contribution in [0.25, 0.3) is 0 Å². The third-order valence-corrected chi connectivity index (χ3v) is 3.74. The van der Waals surface area contributed by atoms with Gasteiger partial charge in [0.1, 0.15) is 6.10 Å². The van der Waals surface area contributed by atoms with Gasteiger partial charge in [0.15, 0.2) is 0 Å². The van der Waals surface area contributed by atoms with Gasteiger partial charge in [-0.1, -0.05) is 58.3 Å². The Morgan fingerprint density at radius 3 is 1.91 bits per heavy atom. The van der Waals surface area contributed by atoms with Crippen LogP contribution in [-0.2, 0) is 14.3 Å². The molecule has 0 aliphatic rings. The highest BCUT2D eigenvalue weighted by molar-refractivity contribution is 6.08. The molecule has 0 aliphatic carbocycles. The molecule has 0 heterocycles. The number of hydrogen-bond acceptors (Lipinski definition) is 5. The fourth-order valence-electron chi connectivity index (χ4n) is 2.23. The number of ether oxygens (including phenoxy) is 1. The Balaban J connectivity index is 3.67. The Morgan fingerprint density at radius 2 is 1.45 bits per heavy atom. The first kappa shape index (κ1) is 21.1. The fourth-order valence-corrected chi connectivity index (χ4v) is 2.23. The zero-order valence-electron chi connectivity index (χ0n) is 14.3. The highest BCUT2D eigenvalue weighted by atomic mass is 16.6. The number of unbranched alkanes of at least 4 members (excludes halogenated alkanes) is 8. The van der Waals surface area contributed by atoms with Crippen LogP contribution in [0.1, 0.15) is 78.6 Å². The van der Waals surface area contributed by atoms with Gasteiger partial charge in [-0.3, -0.25) is 4.79 Å². The van der Waals surface area contributed by atoms with E-state index >= 15 is 0 Å². The van der Waals surface area contributed by atoms with E-state index in [1.165, 1.54) is 45.4 Å². The highest BCUT2D eigenvalue weighted by Crippen LogP contribution is 2.12. The van der Waals surface area contributed by atoms with Crippen molar-refractivity contribution in [2.45, 2.75) is 90.3 Å². The molecule has 0 aliphatic heterocycles. The zero-order chi connectivity index (χ0) is 17.0. The van der Waals surface area contributed by atoms with Gasteiger partial charge >= 0.3 is 5.97 Å². The lowest BCUT2D eigenvalue weighted by molar-refractivity contribution is -0.171. The highest BCUT2D eigenvalue weighted by Gasteiger charge is 2.42. The van der Waals surface area contributed by atoms with Crippen LogP contribution in [0.5, 0.6) is 0 Å². The number of esters is 1. The van der Waals surface area contributed by atoms with Crippen molar-refractivity contribution in [3.63, 3.8) is 0 Å². The Bertz CT molecular complexity index is 323. The molecule has 0 fully saturated rings. The molecule has 0 aromatic carbocycles. The molecule has 22 heavy (non-hydrogen) atoms. The SMILES string of the molecule is CCCCCCCCCCCOC(=O)C(C)(O)C(=O)C(C)O. The molecule has 2 unspecified atom stereocenters. The lowest BCUT2D eigenvalue weighted by Crippen LogP contribution is -2.49. The second-order valence-corrected chi connectivity index (χ2v) is 6.08. The van der Waals surface area contributed by atoms with Gasteiger partial charge in [0, 0.05) is 0 Å². The van der Waals surface area contributed by atoms with Gasteiger partial charge in [0.2, 0.25) is 11.4 Å². The molecular weight excluding hydrogens is 284 g/mol. The number of carbonyl (C=O) groups excluding carboxylic acids is 2. The van der Waals surface area contributed by atoms with E-state index in [4.69, 9.17) is 9.84 Å². The molecule has 130 valence electrons. The largest absolute Gasteiger partial charge is 0.463 e. The van der Waals surface area contributed by atoms with E-state index in [0.29, 0.717) is 0 Å². The van der Waals surface area contributed by atoms with Gasteiger partial charge in [-0.2, -0.15) is 0 Å². The van der Waals surface area contributed by atoms with Crippen LogP contribution in [0.2, 0.25) is 0 Å². The van der Waals surface area contributed by atoms with E-state index in [9.17, 15) is 14.7 Å². The third kappa shape index (κ3) is 8.49. The molecule has 0 aromatic rings. The maximum atomic E-state index is 11.6. The summed E-state index contributed by atoms with van der Waals surface area (Å²) in [6.07, 6.45) is 8.99. The van der Waals surface area contributed by atoms with E-state index in [0.717, 1.165) is 26.2 Å². The molecular formula is C17H32O5. The summed E-state index contributed by atoms with van der Waals surface area (Å²) in [4.78, 5) is 23.1. The Labute approximate surface area is 134 Å². The molecule has 0 saturated carbocycles. The summed E-state index contributed by atoms with van der Waals surface area (Å²) >= 11 is 0. The summed E-state index contributed by atoms with van der Waals surface area (Å²) in [6, 6.07) is 0. The number of aliphatic hydroxyl groups excluding tert-OH is 1. The number of aliphatic hydroxyl groups is 2. The van der Waals surface area contributed by atoms with E-state index in [-0.39, 0.29) is 6.61 Å². The standard InChI is InChI=1S/C17H32O5/c1-4-5-6-7-8-9-10-11-12-13-22-16(20)17(3,21)15(19)14(2)18/h14,18,21H,4-13H2,1-3H3. The lowest BCUT2D eigenvalue weighted by atomic mass is 9.97. The summed E-state index contributed by atoms with van der Waals surface area (Å²) < 4.78 is 4.92. The van der Waals surface area contributed by atoms with Gasteiger partial charge in [0.05, 0.1) is 6.61 Å². The second kappa shape index (κ2) is 11.6. The van der Waals surface area contributed by atoms with E-state index < -0.39 is 23.5 Å². The Morgan fingerprint density at radius 1 is 1.00 bits per heavy atom. The molecule has 0 bridgehead atoms. The lowest BCUT2D eigenvalue weighted by Gasteiger charge is -2.21. The van der Waals surface area contributed by atoms with E-state index in [1.807, 2.05) is 0 Å². The Kier molecular flexibility index (Phi) is 11.1. The van der Waals surface area contributed by atoms with Crippen molar-refractivity contribution in [1.82, 2.24) is 0 Å².